The summed E-state index contributed by atoms with van der Waals surface area (Å²) in [5.41, 5.74) is 6.86. The van der Waals surface area contributed by atoms with E-state index >= 15 is 0 Å². The Hall–Kier alpha value is -3.73. The number of nitrogen functional groups attached to an aromatic ring is 1. The normalized spacial score (nSPS) is 11.5. The van der Waals surface area contributed by atoms with Crippen molar-refractivity contribution < 1.29 is 13.2 Å². The van der Waals surface area contributed by atoms with Gasteiger partial charge in [0.15, 0.2) is 17.5 Å². The molecule has 3 heterocycles. The van der Waals surface area contributed by atoms with E-state index in [9.17, 15) is 13.2 Å². The van der Waals surface area contributed by atoms with Gasteiger partial charge < -0.3 is 11.6 Å². The molecule has 27 heavy (non-hydrogen) atoms. The third-order valence-corrected chi connectivity index (χ3v) is 3.62. The van der Waals surface area contributed by atoms with Crippen LogP contribution in [0.1, 0.15) is 5.56 Å². The number of anilines is 2. The molecule has 0 bridgehead atoms. The smallest absolute Gasteiger partial charge is 0.213 e. The third-order valence-electron chi connectivity index (χ3n) is 3.62. The van der Waals surface area contributed by atoms with Crippen molar-refractivity contribution in [2.45, 2.75) is 0 Å². The Labute approximate surface area is 151 Å². The van der Waals surface area contributed by atoms with Crippen molar-refractivity contribution in [1.82, 2.24) is 15.0 Å². The topological polar surface area (TPSA) is 132 Å². The van der Waals surface area contributed by atoms with Crippen LogP contribution in [0.3, 0.4) is 0 Å². The van der Waals surface area contributed by atoms with Gasteiger partial charge in [-0.25, -0.2) is 30.2 Å². The maximum absolute atomic E-state index is 14.0. The van der Waals surface area contributed by atoms with Crippen LogP contribution in [-0.2, 0) is 0 Å². The fourth-order valence-electron chi connectivity index (χ4n) is 2.33. The third kappa shape index (κ3) is 3.48. The lowest BCUT2D eigenvalue weighted by Crippen LogP contribution is -2.41. The summed E-state index contributed by atoms with van der Waals surface area (Å²) >= 11 is 0. The van der Waals surface area contributed by atoms with Crippen molar-refractivity contribution >= 4 is 17.5 Å². The lowest BCUT2D eigenvalue weighted by Gasteiger charge is -2.20. The summed E-state index contributed by atoms with van der Waals surface area (Å²) in [4.78, 5) is 11.2. The first-order chi connectivity index (χ1) is 12.9. The Bertz CT molecular complexity index is 1020. The fraction of sp³-hybridized carbons (Fsp3) is 0. The molecular weight excluding hydrogens is 361 g/mol. The van der Waals surface area contributed by atoms with Crippen molar-refractivity contribution in [3.63, 3.8) is 0 Å². The summed E-state index contributed by atoms with van der Waals surface area (Å²) in [5.74, 6) is 7.26. The Kier molecular flexibility index (Phi) is 4.86. The molecule has 8 nitrogen and oxygen atoms in total. The van der Waals surface area contributed by atoms with E-state index in [-0.39, 0.29) is 17.2 Å². The van der Waals surface area contributed by atoms with Crippen molar-refractivity contribution in [2.75, 3.05) is 10.7 Å². The van der Waals surface area contributed by atoms with Gasteiger partial charge in [-0.1, -0.05) is 0 Å². The molecule has 0 aliphatic carbocycles. The van der Waals surface area contributed by atoms with Gasteiger partial charge in [0, 0.05) is 30.2 Å². The molecule has 3 aromatic rings. The summed E-state index contributed by atoms with van der Waals surface area (Å²) in [7, 11) is 0. The van der Waals surface area contributed by atoms with E-state index < -0.39 is 23.4 Å². The minimum Gasteiger partial charge on any atom is -0.383 e. The second-order valence-corrected chi connectivity index (χ2v) is 5.28. The first kappa shape index (κ1) is 18.1. The number of rotatable bonds is 3. The minimum absolute atomic E-state index is 0.0373. The molecule has 0 amide bonds. The van der Waals surface area contributed by atoms with E-state index in [1.165, 1.54) is 24.5 Å². The monoisotopic (exact) mass is 374 g/mol. The molecule has 0 fully saturated rings. The zero-order chi connectivity index (χ0) is 19.6. The van der Waals surface area contributed by atoms with Crippen LogP contribution in [0.4, 0.5) is 24.8 Å². The first-order valence-corrected chi connectivity index (χ1v) is 7.43. The van der Waals surface area contributed by atoms with Gasteiger partial charge in [0.1, 0.15) is 5.82 Å². The number of nitrogens with zero attached hydrogens (tertiary/aromatic N) is 5. The van der Waals surface area contributed by atoms with E-state index in [0.717, 1.165) is 12.3 Å². The number of amidine groups is 1. The zero-order valence-electron chi connectivity index (χ0n) is 13.6. The van der Waals surface area contributed by atoms with Crippen molar-refractivity contribution in [3.05, 3.63) is 66.0 Å². The van der Waals surface area contributed by atoms with Gasteiger partial charge in [0.05, 0.1) is 5.56 Å². The second kappa shape index (κ2) is 7.25. The summed E-state index contributed by atoms with van der Waals surface area (Å²) in [6, 6.07) is 5.04. The van der Waals surface area contributed by atoms with Crippen LogP contribution in [0.25, 0.3) is 11.1 Å². The molecule has 6 N–H and O–H groups in total. The molecular formula is C16H13F3N8. The van der Waals surface area contributed by atoms with Gasteiger partial charge in [-0.15, -0.1) is 0 Å². The molecule has 0 spiro atoms. The summed E-state index contributed by atoms with van der Waals surface area (Å²) < 4.78 is 40.8. The highest BCUT2D eigenvalue weighted by molar-refractivity contribution is 6.11. The van der Waals surface area contributed by atoms with Crippen LogP contribution >= 0.6 is 0 Å². The fourth-order valence-corrected chi connectivity index (χ4v) is 2.33. The van der Waals surface area contributed by atoms with Gasteiger partial charge in [0.2, 0.25) is 11.8 Å². The standard InChI is InChI=1S/C16H13F3N8/c17-11-2-4-24-16(13(11)19)27(22)15(26-21)10-5-9(7-25-14(10)20)8-1-3-23-12(18)6-8/h1-7H,21-22H2,(H2,20,25)/b26-15-. The number of pyridine rings is 3. The van der Waals surface area contributed by atoms with Gasteiger partial charge >= 0.3 is 0 Å². The van der Waals surface area contributed by atoms with Gasteiger partial charge in [-0.2, -0.15) is 13.9 Å². The highest BCUT2D eigenvalue weighted by Crippen LogP contribution is 2.25. The van der Waals surface area contributed by atoms with E-state index in [0.29, 0.717) is 16.1 Å². The molecule has 3 aromatic heterocycles. The van der Waals surface area contributed by atoms with Gasteiger partial charge in [-0.3, -0.25) is 0 Å². The minimum atomic E-state index is -1.29. The van der Waals surface area contributed by atoms with Crippen molar-refractivity contribution in [1.29, 1.82) is 0 Å². The van der Waals surface area contributed by atoms with Crippen LogP contribution in [0.15, 0.2) is 48.0 Å². The van der Waals surface area contributed by atoms with Gasteiger partial charge in [-0.05, 0) is 23.8 Å². The Morgan fingerprint density at radius 2 is 1.74 bits per heavy atom. The number of halogens is 3. The number of hydrogen-bond donors (Lipinski definition) is 3. The van der Waals surface area contributed by atoms with Crippen molar-refractivity contribution in [3.8, 4) is 11.1 Å². The van der Waals surface area contributed by atoms with Crippen LogP contribution in [0, 0.1) is 17.6 Å². The number of aromatic nitrogens is 3. The summed E-state index contributed by atoms with van der Waals surface area (Å²) in [6.45, 7) is 0. The Morgan fingerprint density at radius 3 is 2.44 bits per heavy atom. The average Bonchev–Trinajstić information content (AvgIpc) is 2.66. The van der Waals surface area contributed by atoms with Crippen LogP contribution in [-0.4, -0.2) is 20.8 Å². The molecule has 0 saturated carbocycles. The Morgan fingerprint density at radius 1 is 1.00 bits per heavy atom. The van der Waals surface area contributed by atoms with E-state index in [1.807, 2.05) is 0 Å². The molecule has 0 aromatic carbocycles. The molecule has 0 aliphatic heterocycles. The maximum atomic E-state index is 14.0. The molecule has 0 unspecified atom stereocenters. The molecule has 0 aliphatic rings. The lowest BCUT2D eigenvalue weighted by molar-refractivity contribution is 0.504. The van der Waals surface area contributed by atoms with E-state index in [4.69, 9.17) is 17.4 Å². The zero-order valence-corrected chi connectivity index (χ0v) is 13.6. The van der Waals surface area contributed by atoms with Crippen molar-refractivity contribution in [2.24, 2.45) is 16.8 Å². The number of nitrogens with two attached hydrogens (primary N) is 3. The van der Waals surface area contributed by atoms with E-state index in [2.05, 4.69) is 20.1 Å². The Balaban J connectivity index is 2.08. The predicted octanol–water partition coefficient (Wildman–Crippen LogP) is 1.54. The number of hydrogen-bond acceptors (Lipinski definition) is 7. The molecule has 0 atom stereocenters. The predicted molar refractivity (Wildman–Crippen MR) is 93.4 cm³/mol. The van der Waals surface area contributed by atoms with E-state index in [1.54, 1.807) is 6.07 Å². The molecule has 0 radical (unpaired) electrons. The highest BCUT2D eigenvalue weighted by Gasteiger charge is 2.22. The van der Waals surface area contributed by atoms with Gasteiger partial charge in [0.25, 0.3) is 0 Å². The number of hydrazine groups is 1. The molecule has 138 valence electrons. The molecule has 3 rings (SSSR count). The highest BCUT2D eigenvalue weighted by atomic mass is 19.2. The van der Waals surface area contributed by atoms with Crippen LogP contribution < -0.4 is 22.4 Å². The average molecular weight is 374 g/mol. The maximum Gasteiger partial charge on any atom is 0.213 e. The molecule has 11 heteroatoms. The van der Waals surface area contributed by atoms with Crippen LogP contribution in [0.2, 0.25) is 0 Å². The summed E-state index contributed by atoms with van der Waals surface area (Å²) in [5, 5.41) is 4.14. The molecule has 0 saturated heterocycles. The SMILES string of the molecule is N/N=C(/c1cc(-c2ccnc(F)c2)cnc1N)N(N)c1nccc(F)c1F. The van der Waals surface area contributed by atoms with Crippen LogP contribution in [0.5, 0.6) is 0 Å². The summed E-state index contributed by atoms with van der Waals surface area (Å²) in [6.07, 6.45) is 3.70. The largest absolute Gasteiger partial charge is 0.383 e. The number of hydrazone groups is 1. The second-order valence-electron chi connectivity index (χ2n) is 5.28. The lowest BCUT2D eigenvalue weighted by atomic mass is 10.1. The quantitative estimate of drug-likeness (QED) is 0.208. The first-order valence-electron chi connectivity index (χ1n) is 7.43.